The fourth-order valence-electron chi connectivity index (χ4n) is 7.51. The Kier molecular flexibility index (Phi) is 17.6. The van der Waals surface area contributed by atoms with Crippen LogP contribution in [0.1, 0.15) is 80.5 Å². The molecule has 2 aromatic heterocycles. The van der Waals surface area contributed by atoms with E-state index < -0.39 is 74.8 Å². The minimum atomic E-state index is -1.01. The molecule has 0 fully saturated rings. The molecule has 17 nitrogen and oxygen atoms in total. The zero-order valence-corrected chi connectivity index (χ0v) is 40.7. The summed E-state index contributed by atoms with van der Waals surface area (Å²) in [4.78, 5) is 80.4. The van der Waals surface area contributed by atoms with E-state index in [0.717, 1.165) is 12.1 Å². The number of carbonyl (C=O) groups is 4. The van der Waals surface area contributed by atoms with Gasteiger partial charge in [-0.15, -0.1) is 0 Å². The summed E-state index contributed by atoms with van der Waals surface area (Å²) in [5, 5.41) is 26.1. The molecule has 4 aromatic rings. The van der Waals surface area contributed by atoms with Crippen LogP contribution in [-0.4, -0.2) is 116 Å². The Hall–Kier alpha value is -5.79. The van der Waals surface area contributed by atoms with Gasteiger partial charge in [0.2, 0.25) is 5.43 Å². The number of aromatic hydroxyl groups is 1. The normalized spacial score (nSPS) is 18.5. The van der Waals surface area contributed by atoms with E-state index in [4.69, 9.17) is 9.97 Å². The van der Waals surface area contributed by atoms with Crippen molar-refractivity contribution in [2.45, 2.75) is 65.0 Å². The summed E-state index contributed by atoms with van der Waals surface area (Å²) in [6, 6.07) is 5.00. The van der Waals surface area contributed by atoms with Crippen molar-refractivity contribution in [3.63, 3.8) is 0 Å². The Morgan fingerprint density at radius 1 is 0.687 bits per heavy atom. The van der Waals surface area contributed by atoms with Gasteiger partial charge in [0.05, 0.1) is 6.04 Å². The largest absolute Gasteiger partial charge is 2.00 e. The van der Waals surface area contributed by atoms with Crippen molar-refractivity contribution in [2.75, 3.05) is 23.4 Å². The minimum Gasteiger partial charge on any atom is -1.00 e. The molecule has 348 valence electrons. The fraction of sp³-hybridized carbons (Fsp3) is 0.286. The van der Waals surface area contributed by atoms with Gasteiger partial charge in [-0.3, -0.25) is 24.1 Å². The molecule has 4 atom stereocenters. The van der Waals surface area contributed by atoms with Crippen LogP contribution in [0.4, 0.5) is 17.6 Å². The molecule has 0 unspecified atom stereocenters. The number of aromatic nitrogens is 2. The molecule has 4 aliphatic heterocycles. The zero-order chi connectivity index (χ0) is 46.3. The first-order valence-corrected chi connectivity index (χ1v) is 19.8. The third-order valence-corrected chi connectivity index (χ3v) is 11.2. The van der Waals surface area contributed by atoms with Crippen LogP contribution in [0.3, 0.4) is 0 Å². The van der Waals surface area contributed by atoms with Crippen molar-refractivity contribution in [3.8, 4) is 11.5 Å². The quantitative estimate of drug-likeness (QED) is 0.0784. The molecule has 4 bridgehead atoms. The first kappa shape index (κ1) is 53.8. The molecule has 0 spiro atoms. The van der Waals surface area contributed by atoms with Gasteiger partial charge in [0.1, 0.15) is 23.9 Å². The third-order valence-electron chi connectivity index (χ3n) is 11.2. The topological polar surface area (TPSA) is 203 Å². The smallest absolute Gasteiger partial charge is 1.00 e. The molecular weight excluding hydrogens is 1030 g/mol. The molecular formula is C42H40BBr2F4MgN9O8. The molecule has 4 amide bonds. The molecule has 6 heterocycles. The van der Waals surface area contributed by atoms with E-state index in [1.807, 2.05) is 52.0 Å². The van der Waals surface area contributed by atoms with Crippen LogP contribution in [0.5, 0.6) is 11.5 Å². The Balaban J connectivity index is 0.000000280. The van der Waals surface area contributed by atoms with Crippen LogP contribution in [0.25, 0.3) is 0 Å². The maximum absolute atomic E-state index is 13.9. The maximum Gasteiger partial charge on any atom is 2.00 e. The van der Waals surface area contributed by atoms with E-state index in [1.165, 1.54) is 38.8 Å². The number of rotatable bonds is 8. The van der Waals surface area contributed by atoms with Crippen LogP contribution in [-0.2, 0) is 13.1 Å². The van der Waals surface area contributed by atoms with Gasteiger partial charge in [-0.1, -0.05) is 18.2 Å². The Labute approximate surface area is 417 Å². The number of hydrogen-bond acceptors (Lipinski definition) is 11. The molecule has 0 aliphatic carbocycles. The van der Waals surface area contributed by atoms with E-state index in [0.29, 0.717) is 19.4 Å². The number of amides is 4. The average molecular weight is 1070 g/mol. The number of fused-ring (bicyclic) bond motifs is 8. The first-order chi connectivity index (χ1) is 30.4. The summed E-state index contributed by atoms with van der Waals surface area (Å²) < 4.78 is 61.7. The Morgan fingerprint density at radius 3 is 1.52 bits per heavy atom. The summed E-state index contributed by atoms with van der Waals surface area (Å²) in [6.07, 6.45) is 9.95. The SMILES string of the molecule is C[C@@H]1C=C[C@@H](C)N2CN1C(=O)c1c(O)c(=O)c(C(=O)NCc3ccc(F)cc3F)cn12.C[C@@H]1C=C[C@@H](C)N2CN1C(=O)c1c(OB=N)c(=O)c(C(=O)NCc3ccc(F)cc3F)cn12.[Br-].[Br-].[Mg+2]. The van der Waals surface area contributed by atoms with E-state index in [1.54, 1.807) is 14.9 Å². The zero-order valence-electron chi connectivity index (χ0n) is 36.1. The molecule has 0 saturated heterocycles. The summed E-state index contributed by atoms with van der Waals surface area (Å²) in [5.74, 6) is -7.17. The molecule has 25 heteroatoms. The van der Waals surface area contributed by atoms with Crippen LogP contribution in [0.15, 0.2) is 82.7 Å². The number of nitrogens with zero attached hydrogens (tertiary/aromatic N) is 6. The number of carbonyl (C=O) groups excluding carboxylic acids is 4. The molecule has 2 aromatic carbocycles. The molecule has 8 rings (SSSR count). The Morgan fingerprint density at radius 2 is 1.09 bits per heavy atom. The van der Waals surface area contributed by atoms with Gasteiger partial charge in [-0.2, -0.15) is 0 Å². The predicted octanol–water partition coefficient (Wildman–Crippen LogP) is -3.40. The summed E-state index contributed by atoms with van der Waals surface area (Å²) in [7, 11) is 0.508. The molecule has 0 saturated carbocycles. The standard InChI is InChI=1S/C21H20BF2N5O4.C21H20F2N4O4.2BrH.Mg/c1-11-3-4-12(2)29-10-27(11)21(32)17-19(33-22-25)18(30)15(9-28(17)29)20(31)26-8-13-5-6-14(23)7-16(13)24;1-11-3-4-12(2)27-10-25(11)21(31)17-19(29)18(28)15(9-26(17)27)20(30)24-8-13-5-6-14(22)7-16(13)23;;;/h3-7,9,11-12,25H,8,10H2,1-2H3,(H,26,31);3-7,9,11-12,29H,8,10H2,1-2H3,(H,24,30);2*1H;/q;;;;+2/p-2/t2*11-,12-;;;/m11.../s1. The van der Waals surface area contributed by atoms with Gasteiger partial charge in [0.15, 0.2) is 11.4 Å². The molecule has 0 radical (unpaired) electrons. The van der Waals surface area contributed by atoms with E-state index in [-0.39, 0.29) is 136 Å². The van der Waals surface area contributed by atoms with Gasteiger partial charge < -0.3 is 49.3 Å². The monoisotopic (exact) mass is 1070 g/mol. The number of nitrogens with one attached hydrogen (secondary N) is 3. The third kappa shape index (κ3) is 10.5. The van der Waals surface area contributed by atoms with Crippen molar-refractivity contribution < 1.29 is 80.5 Å². The number of hydrogen-bond donors (Lipinski definition) is 4. The van der Waals surface area contributed by atoms with Crippen LogP contribution >= 0.6 is 0 Å². The van der Waals surface area contributed by atoms with E-state index >= 15 is 0 Å². The van der Waals surface area contributed by atoms with Crippen molar-refractivity contribution in [2.24, 2.45) is 0 Å². The maximum atomic E-state index is 13.9. The molecule has 67 heavy (non-hydrogen) atoms. The van der Waals surface area contributed by atoms with Gasteiger partial charge in [-0.25, -0.2) is 8.78 Å². The van der Waals surface area contributed by atoms with E-state index in [9.17, 15) is 51.4 Å². The Bertz CT molecular complexity index is 2820. The minimum absolute atomic E-state index is 0. The van der Waals surface area contributed by atoms with Crippen molar-refractivity contribution >= 4 is 54.0 Å². The fourth-order valence-corrected chi connectivity index (χ4v) is 7.51. The second-order valence-electron chi connectivity index (χ2n) is 15.3. The van der Waals surface area contributed by atoms with Gasteiger partial charge in [-0.05, 0) is 19.9 Å². The van der Waals surface area contributed by atoms with E-state index in [2.05, 4.69) is 10.6 Å². The number of benzene rings is 2. The molecule has 4 aliphatic rings. The second-order valence-corrected chi connectivity index (χ2v) is 15.3. The van der Waals surface area contributed by atoms with Crippen LogP contribution < -0.4 is 70.1 Å². The number of pyridine rings is 2. The van der Waals surface area contributed by atoms with Crippen LogP contribution in [0.2, 0.25) is 0 Å². The van der Waals surface area contributed by atoms with Crippen molar-refractivity contribution in [3.05, 3.63) is 150 Å². The predicted molar refractivity (Wildman–Crippen MR) is 228 cm³/mol. The van der Waals surface area contributed by atoms with Gasteiger partial charge >= 0.3 is 211 Å². The second kappa shape index (κ2) is 21.9. The number of halogens is 6. The summed E-state index contributed by atoms with van der Waals surface area (Å²) >= 11 is 0. The van der Waals surface area contributed by atoms with Crippen molar-refractivity contribution in [1.29, 1.82) is 5.31 Å². The summed E-state index contributed by atoms with van der Waals surface area (Å²) in [5.41, 5.74) is -2.91. The first-order valence-electron chi connectivity index (χ1n) is 19.8. The summed E-state index contributed by atoms with van der Waals surface area (Å²) in [6.45, 7) is 7.25. The van der Waals surface area contributed by atoms with Crippen molar-refractivity contribution in [1.82, 2.24) is 29.8 Å². The van der Waals surface area contributed by atoms with Gasteiger partial charge in [0.25, 0.3) is 11.8 Å². The average Bonchev–Trinajstić information content (AvgIpc) is 3.47. The molecule has 4 N–H and O–H groups in total. The van der Waals surface area contributed by atoms with Crippen LogP contribution in [0, 0.1) is 28.6 Å². The van der Waals surface area contributed by atoms with Gasteiger partial charge in [0, 0.05) is 30.4 Å².